The number of carbonyl (C=O) groups is 2. The lowest BCUT2D eigenvalue weighted by Crippen LogP contribution is -2.30. The van der Waals surface area contributed by atoms with E-state index in [4.69, 9.17) is 4.74 Å². The highest BCUT2D eigenvalue weighted by molar-refractivity contribution is 5.72. The molecule has 5 nitrogen and oxygen atoms in total. The lowest BCUT2D eigenvalue weighted by molar-refractivity contribution is -0.150. The molecule has 43 heavy (non-hydrogen) atoms. The predicted octanol–water partition coefficient (Wildman–Crippen LogP) is 10.9. The first-order valence-electron chi connectivity index (χ1n) is 19.2. The first-order valence-corrected chi connectivity index (χ1v) is 19.2. The fraction of sp³-hybridized carbons (Fsp3) is 0.947. The van der Waals surface area contributed by atoms with E-state index in [-0.39, 0.29) is 18.0 Å². The Morgan fingerprint density at radius 2 is 0.930 bits per heavy atom. The maximum atomic E-state index is 12.7. The summed E-state index contributed by atoms with van der Waals surface area (Å²) < 4.78 is 6.02. The summed E-state index contributed by atoms with van der Waals surface area (Å²) in [6.07, 6.45) is 33.1. The first kappa shape index (κ1) is 41.9. The van der Waals surface area contributed by atoms with Gasteiger partial charge in [-0.05, 0) is 71.0 Å². The lowest BCUT2D eigenvalue weighted by Gasteiger charge is -2.22. The van der Waals surface area contributed by atoms with Gasteiger partial charge in [0.15, 0.2) is 0 Å². The van der Waals surface area contributed by atoms with Crippen LogP contribution in [0.4, 0.5) is 0 Å². The first-order chi connectivity index (χ1) is 21.0. The second-order valence-corrected chi connectivity index (χ2v) is 13.2. The van der Waals surface area contributed by atoms with E-state index in [9.17, 15) is 9.59 Å². The number of nitrogens with one attached hydrogen (secondary N) is 1. The summed E-state index contributed by atoms with van der Waals surface area (Å²) in [5, 5.41) is 2.94. The van der Waals surface area contributed by atoms with Crippen LogP contribution in [-0.4, -0.2) is 49.1 Å². The van der Waals surface area contributed by atoms with Gasteiger partial charge in [-0.25, -0.2) is 0 Å². The van der Waals surface area contributed by atoms with Gasteiger partial charge in [-0.1, -0.05) is 136 Å². The number of ether oxygens (including phenoxy) is 1. The van der Waals surface area contributed by atoms with E-state index >= 15 is 0 Å². The fourth-order valence-electron chi connectivity index (χ4n) is 5.96. The maximum Gasteiger partial charge on any atom is 0.306 e. The second-order valence-electron chi connectivity index (χ2n) is 13.2. The Hall–Kier alpha value is -1.10. The molecule has 256 valence electrons. The van der Waals surface area contributed by atoms with Gasteiger partial charge < -0.3 is 15.0 Å². The molecule has 0 radical (unpaired) electrons. The van der Waals surface area contributed by atoms with Gasteiger partial charge in [0.05, 0.1) is 0 Å². The van der Waals surface area contributed by atoms with Crippen molar-refractivity contribution in [3.05, 3.63) is 0 Å². The van der Waals surface area contributed by atoms with Gasteiger partial charge in [0.25, 0.3) is 0 Å². The van der Waals surface area contributed by atoms with Crippen molar-refractivity contribution in [3.8, 4) is 0 Å². The third-order valence-corrected chi connectivity index (χ3v) is 8.77. The highest BCUT2D eigenvalue weighted by Crippen LogP contribution is 2.18. The molecule has 1 N–H and O–H groups in total. The van der Waals surface area contributed by atoms with Crippen molar-refractivity contribution in [1.82, 2.24) is 10.2 Å². The van der Waals surface area contributed by atoms with Crippen LogP contribution in [0.1, 0.15) is 201 Å². The fourth-order valence-corrected chi connectivity index (χ4v) is 5.96. The summed E-state index contributed by atoms with van der Waals surface area (Å²) in [4.78, 5) is 26.5. The van der Waals surface area contributed by atoms with Gasteiger partial charge in [0.2, 0.25) is 5.91 Å². The summed E-state index contributed by atoms with van der Waals surface area (Å²) in [6.45, 7) is 12.6. The van der Waals surface area contributed by atoms with Crippen LogP contribution in [-0.2, 0) is 14.3 Å². The van der Waals surface area contributed by atoms with Crippen LogP contribution in [0.2, 0.25) is 0 Å². The van der Waals surface area contributed by atoms with E-state index in [1.165, 1.54) is 141 Å². The molecule has 0 atom stereocenters. The van der Waals surface area contributed by atoms with Gasteiger partial charge in [-0.3, -0.25) is 9.59 Å². The summed E-state index contributed by atoms with van der Waals surface area (Å²) in [7, 11) is 0. The van der Waals surface area contributed by atoms with E-state index in [1.807, 2.05) is 0 Å². The molecule has 5 heteroatoms. The van der Waals surface area contributed by atoms with Crippen LogP contribution in [0.5, 0.6) is 0 Å². The molecule has 0 aromatic heterocycles. The topological polar surface area (TPSA) is 58.6 Å². The van der Waals surface area contributed by atoms with Crippen molar-refractivity contribution in [1.29, 1.82) is 0 Å². The van der Waals surface area contributed by atoms with Crippen LogP contribution in [0, 0.1) is 0 Å². The van der Waals surface area contributed by atoms with Crippen LogP contribution in [0.3, 0.4) is 0 Å². The summed E-state index contributed by atoms with van der Waals surface area (Å²) in [6, 6.07) is 0. The maximum absolute atomic E-state index is 12.7. The monoisotopic (exact) mass is 609 g/mol. The Balaban J connectivity index is 4.23. The van der Waals surface area contributed by atoms with Crippen LogP contribution >= 0.6 is 0 Å². The molecular formula is C38H76N2O3. The smallest absolute Gasteiger partial charge is 0.306 e. The molecule has 0 aromatic rings. The Kier molecular flexibility index (Phi) is 32.9. The molecule has 0 bridgehead atoms. The van der Waals surface area contributed by atoms with Crippen LogP contribution < -0.4 is 5.32 Å². The van der Waals surface area contributed by atoms with E-state index in [0.29, 0.717) is 6.42 Å². The molecular weight excluding hydrogens is 532 g/mol. The molecule has 0 aliphatic heterocycles. The number of rotatable bonds is 34. The zero-order valence-electron chi connectivity index (χ0n) is 29.7. The molecule has 0 spiro atoms. The van der Waals surface area contributed by atoms with E-state index in [0.717, 1.165) is 51.7 Å². The average molecular weight is 609 g/mol. The minimum absolute atomic E-state index is 0.0336. The molecule has 0 unspecified atom stereocenters. The van der Waals surface area contributed by atoms with Gasteiger partial charge in [0, 0.05) is 19.9 Å². The van der Waals surface area contributed by atoms with Gasteiger partial charge in [-0.15, -0.1) is 0 Å². The van der Waals surface area contributed by atoms with Gasteiger partial charge in [-0.2, -0.15) is 0 Å². The summed E-state index contributed by atoms with van der Waals surface area (Å²) in [5.74, 6) is 0.101. The largest absolute Gasteiger partial charge is 0.462 e. The molecule has 0 aromatic carbocycles. The van der Waals surface area contributed by atoms with Crippen molar-refractivity contribution in [2.24, 2.45) is 0 Å². The SMILES string of the molecule is CCCCCCCCC(CCCCCCCC)OC(=O)CCCCCCCN(CCCCCCCC)CCCNC(C)=O. The van der Waals surface area contributed by atoms with Gasteiger partial charge in [0.1, 0.15) is 6.10 Å². The molecule has 0 aliphatic rings. The third-order valence-electron chi connectivity index (χ3n) is 8.77. The highest BCUT2D eigenvalue weighted by atomic mass is 16.5. The molecule has 0 heterocycles. The molecule has 0 fully saturated rings. The van der Waals surface area contributed by atoms with E-state index in [1.54, 1.807) is 6.92 Å². The van der Waals surface area contributed by atoms with E-state index < -0.39 is 0 Å². The zero-order chi connectivity index (χ0) is 31.6. The third kappa shape index (κ3) is 32.1. The summed E-state index contributed by atoms with van der Waals surface area (Å²) in [5.41, 5.74) is 0. The Morgan fingerprint density at radius 3 is 1.40 bits per heavy atom. The van der Waals surface area contributed by atoms with Crippen molar-refractivity contribution < 1.29 is 14.3 Å². The van der Waals surface area contributed by atoms with Crippen LogP contribution in [0.25, 0.3) is 0 Å². The number of hydrogen-bond acceptors (Lipinski definition) is 4. The van der Waals surface area contributed by atoms with Crippen LogP contribution in [0.15, 0.2) is 0 Å². The number of amides is 1. The lowest BCUT2D eigenvalue weighted by atomic mass is 10.0. The minimum Gasteiger partial charge on any atom is -0.462 e. The van der Waals surface area contributed by atoms with Crippen molar-refractivity contribution >= 4 is 11.9 Å². The van der Waals surface area contributed by atoms with Gasteiger partial charge >= 0.3 is 5.97 Å². The Bertz CT molecular complexity index is 582. The number of hydrogen-bond donors (Lipinski definition) is 1. The molecule has 0 saturated carbocycles. The average Bonchev–Trinajstić information content (AvgIpc) is 2.99. The molecule has 0 rings (SSSR count). The normalized spacial score (nSPS) is 11.5. The standard InChI is InChI=1S/C38H76N2O3/c1-5-8-11-14-18-23-29-37(30-24-19-15-12-9-6-2)43-38(42)31-25-20-17-22-27-34-40(35-28-32-39-36(4)41)33-26-21-16-13-10-7-3/h37H,5-35H2,1-4H3,(H,39,41). The summed E-state index contributed by atoms with van der Waals surface area (Å²) >= 11 is 0. The number of carbonyl (C=O) groups excluding carboxylic acids is 2. The molecule has 0 aliphatic carbocycles. The Labute approximate surface area is 269 Å². The van der Waals surface area contributed by atoms with Crippen molar-refractivity contribution in [3.63, 3.8) is 0 Å². The van der Waals surface area contributed by atoms with Crippen molar-refractivity contribution in [2.75, 3.05) is 26.2 Å². The Morgan fingerprint density at radius 1 is 0.535 bits per heavy atom. The number of esters is 1. The predicted molar refractivity (Wildman–Crippen MR) is 187 cm³/mol. The quantitative estimate of drug-likeness (QED) is 0.0583. The molecule has 1 amide bonds. The molecule has 0 saturated heterocycles. The van der Waals surface area contributed by atoms with Crippen molar-refractivity contribution in [2.45, 2.75) is 207 Å². The van der Waals surface area contributed by atoms with E-state index in [2.05, 4.69) is 31.0 Å². The highest BCUT2D eigenvalue weighted by Gasteiger charge is 2.14. The number of nitrogens with zero attached hydrogens (tertiary/aromatic N) is 1. The minimum atomic E-state index is 0.0336. The zero-order valence-corrected chi connectivity index (χ0v) is 29.7. The number of unbranched alkanes of at least 4 members (excludes halogenated alkanes) is 19. The second kappa shape index (κ2) is 33.8.